The molecule has 0 spiro atoms. The van der Waals surface area contributed by atoms with Crippen LogP contribution >= 0.6 is 0 Å². The van der Waals surface area contributed by atoms with Gasteiger partial charge in [-0.2, -0.15) is 0 Å². The number of fused-ring (bicyclic) bond motifs is 2. The summed E-state index contributed by atoms with van der Waals surface area (Å²) in [5.41, 5.74) is 1.63. The summed E-state index contributed by atoms with van der Waals surface area (Å²) in [7, 11) is 3.76. The van der Waals surface area contributed by atoms with Crippen molar-refractivity contribution < 1.29 is 18.4 Å². The van der Waals surface area contributed by atoms with Crippen LogP contribution in [-0.4, -0.2) is 55.0 Å². The van der Waals surface area contributed by atoms with Crippen LogP contribution in [0.4, 0.5) is 14.5 Å². The maximum absolute atomic E-state index is 13.7. The molecule has 0 saturated carbocycles. The van der Waals surface area contributed by atoms with Crippen LogP contribution < -0.4 is 0 Å². The van der Waals surface area contributed by atoms with Gasteiger partial charge in [-0.25, -0.2) is 8.78 Å². The minimum atomic E-state index is -0.699. The quantitative estimate of drug-likeness (QED) is 0.236. The highest BCUT2D eigenvalue weighted by molar-refractivity contribution is 6.31. The SMILES string of the molecule is CN(C)CCN1C(=O)c2cccc3cc4cccc(N=Cc5cc(F)cc(F)c5)c4c(c23)C1=O. The first-order chi connectivity index (χ1) is 16.3. The minimum Gasteiger partial charge on any atom is -0.308 e. The molecule has 4 aromatic carbocycles. The molecule has 0 bridgehead atoms. The highest BCUT2D eigenvalue weighted by Crippen LogP contribution is 2.39. The number of nitrogens with zero attached hydrogens (tertiary/aromatic N) is 3. The van der Waals surface area contributed by atoms with Crippen molar-refractivity contribution in [3.05, 3.63) is 89.0 Å². The van der Waals surface area contributed by atoms with E-state index in [9.17, 15) is 18.4 Å². The number of likely N-dealkylation sites (N-methyl/N-ethyl adjacent to an activating group) is 1. The fourth-order valence-electron chi connectivity index (χ4n) is 4.38. The van der Waals surface area contributed by atoms with Gasteiger partial charge in [0, 0.05) is 41.7 Å². The second kappa shape index (κ2) is 8.43. The van der Waals surface area contributed by atoms with E-state index < -0.39 is 11.6 Å². The predicted octanol–water partition coefficient (Wildman–Crippen LogP) is 5.18. The molecule has 0 aliphatic carbocycles. The van der Waals surface area contributed by atoms with Gasteiger partial charge in [0.05, 0.1) is 11.3 Å². The lowest BCUT2D eigenvalue weighted by molar-refractivity contribution is 0.0602. The van der Waals surface area contributed by atoms with Crippen LogP contribution in [0.3, 0.4) is 0 Å². The Hall–Kier alpha value is -3.97. The van der Waals surface area contributed by atoms with Gasteiger partial charge in [-0.15, -0.1) is 0 Å². The molecule has 0 radical (unpaired) electrons. The fraction of sp³-hybridized carbons (Fsp3) is 0.148. The number of carbonyl (C=O) groups is 2. The van der Waals surface area contributed by atoms with Gasteiger partial charge in [-0.05, 0) is 60.8 Å². The lowest BCUT2D eigenvalue weighted by Gasteiger charge is -2.29. The number of imide groups is 1. The van der Waals surface area contributed by atoms with Crippen molar-refractivity contribution in [3.63, 3.8) is 0 Å². The molecule has 0 saturated heterocycles. The zero-order valence-corrected chi connectivity index (χ0v) is 18.7. The van der Waals surface area contributed by atoms with Crippen LogP contribution in [0.2, 0.25) is 0 Å². The normalized spacial score (nSPS) is 13.7. The molecule has 5 rings (SSSR count). The standard InChI is InChI=1S/C27H21F2N3O2/c1-31(2)9-10-32-26(33)21-7-3-5-17-13-18-6-4-8-22(24(18)25(23(17)21)27(32)34)30-15-16-11-19(28)14-20(29)12-16/h3-8,11-15H,9-10H2,1-2H3. The van der Waals surface area contributed by atoms with Gasteiger partial charge in [0.15, 0.2) is 0 Å². The molecule has 4 aromatic rings. The van der Waals surface area contributed by atoms with E-state index >= 15 is 0 Å². The van der Waals surface area contributed by atoms with E-state index in [0.717, 1.165) is 16.8 Å². The van der Waals surface area contributed by atoms with Crippen LogP contribution in [0, 0.1) is 11.6 Å². The van der Waals surface area contributed by atoms with Crippen molar-refractivity contribution in [1.29, 1.82) is 0 Å². The van der Waals surface area contributed by atoms with Gasteiger partial charge in [0.25, 0.3) is 11.8 Å². The van der Waals surface area contributed by atoms with Gasteiger partial charge >= 0.3 is 0 Å². The number of hydrogen-bond donors (Lipinski definition) is 0. The molecule has 0 fully saturated rings. The molecule has 0 unspecified atom stereocenters. The third-order valence-electron chi connectivity index (χ3n) is 5.93. The number of rotatable bonds is 5. The minimum absolute atomic E-state index is 0.255. The highest BCUT2D eigenvalue weighted by atomic mass is 19.1. The summed E-state index contributed by atoms with van der Waals surface area (Å²) >= 11 is 0. The monoisotopic (exact) mass is 457 g/mol. The van der Waals surface area contributed by atoms with Crippen molar-refractivity contribution in [2.24, 2.45) is 4.99 Å². The lowest BCUT2D eigenvalue weighted by Crippen LogP contribution is -2.43. The molecular weight excluding hydrogens is 436 g/mol. The summed E-state index contributed by atoms with van der Waals surface area (Å²) in [6, 6.07) is 15.9. The Kier molecular flexibility index (Phi) is 5.42. The predicted molar refractivity (Wildman–Crippen MR) is 129 cm³/mol. The van der Waals surface area contributed by atoms with Gasteiger partial charge in [-0.3, -0.25) is 19.5 Å². The van der Waals surface area contributed by atoms with Gasteiger partial charge in [0.1, 0.15) is 11.6 Å². The number of halogens is 2. The van der Waals surface area contributed by atoms with Crippen molar-refractivity contribution in [1.82, 2.24) is 9.80 Å². The van der Waals surface area contributed by atoms with Crippen molar-refractivity contribution in [3.8, 4) is 0 Å². The number of amides is 2. The zero-order valence-electron chi connectivity index (χ0n) is 18.7. The number of hydrogen-bond acceptors (Lipinski definition) is 4. The van der Waals surface area contributed by atoms with E-state index in [1.54, 1.807) is 12.1 Å². The molecule has 1 aliphatic heterocycles. The lowest BCUT2D eigenvalue weighted by atomic mass is 9.89. The Morgan fingerprint density at radius 2 is 1.56 bits per heavy atom. The van der Waals surface area contributed by atoms with E-state index in [2.05, 4.69) is 4.99 Å². The van der Waals surface area contributed by atoms with Crippen molar-refractivity contribution in [2.75, 3.05) is 27.2 Å². The molecule has 0 atom stereocenters. The summed E-state index contributed by atoms with van der Waals surface area (Å²) in [5.74, 6) is -2.09. The van der Waals surface area contributed by atoms with Gasteiger partial charge in [0.2, 0.25) is 0 Å². The molecular formula is C27H21F2N3O2. The van der Waals surface area contributed by atoms with Gasteiger partial charge in [-0.1, -0.05) is 24.3 Å². The van der Waals surface area contributed by atoms with Crippen LogP contribution in [0.25, 0.3) is 21.5 Å². The first-order valence-electron chi connectivity index (χ1n) is 10.8. The topological polar surface area (TPSA) is 53.0 Å². The van der Waals surface area contributed by atoms with Gasteiger partial charge < -0.3 is 4.90 Å². The average molecular weight is 457 g/mol. The van der Waals surface area contributed by atoms with E-state index in [0.29, 0.717) is 34.1 Å². The first-order valence-corrected chi connectivity index (χ1v) is 10.8. The Bertz CT molecular complexity index is 1490. The molecule has 1 aliphatic rings. The molecule has 5 nitrogen and oxygen atoms in total. The molecule has 1 heterocycles. The summed E-state index contributed by atoms with van der Waals surface area (Å²) in [6.45, 7) is 0.786. The maximum atomic E-state index is 13.7. The number of benzene rings is 4. The second-order valence-electron chi connectivity index (χ2n) is 8.56. The highest BCUT2D eigenvalue weighted by Gasteiger charge is 2.34. The van der Waals surface area contributed by atoms with Crippen molar-refractivity contribution >= 4 is 45.3 Å². The maximum Gasteiger partial charge on any atom is 0.262 e. The zero-order chi connectivity index (χ0) is 24.0. The number of carbonyl (C=O) groups excluding carboxylic acids is 2. The third-order valence-corrected chi connectivity index (χ3v) is 5.93. The first kappa shape index (κ1) is 21.9. The van der Waals surface area contributed by atoms with Crippen LogP contribution in [0.1, 0.15) is 26.3 Å². The van der Waals surface area contributed by atoms with E-state index in [1.165, 1.54) is 23.2 Å². The molecule has 170 valence electrons. The van der Waals surface area contributed by atoms with E-state index in [4.69, 9.17) is 0 Å². The molecule has 34 heavy (non-hydrogen) atoms. The molecule has 0 N–H and O–H groups in total. The molecule has 2 amide bonds. The third kappa shape index (κ3) is 3.74. The van der Waals surface area contributed by atoms with Crippen LogP contribution in [0.15, 0.2) is 65.7 Å². The number of aliphatic imine (C=N–C) groups is 1. The molecule has 7 heteroatoms. The van der Waals surface area contributed by atoms with Crippen LogP contribution in [0.5, 0.6) is 0 Å². The Morgan fingerprint density at radius 3 is 2.26 bits per heavy atom. The summed E-state index contributed by atoms with van der Waals surface area (Å²) in [4.78, 5) is 34.6. The Labute approximate surface area is 194 Å². The summed E-state index contributed by atoms with van der Waals surface area (Å²) < 4.78 is 27.3. The van der Waals surface area contributed by atoms with E-state index in [1.807, 2.05) is 49.3 Å². The second-order valence-corrected chi connectivity index (χ2v) is 8.56. The smallest absolute Gasteiger partial charge is 0.262 e. The Morgan fingerprint density at radius 1 is 0.882 bits per heavy atom. The summed E-state index contributed by atoms with van der Waals surface area (Å²) in [5, 5.41) is 2.78. The van der Waals surface area contributed by atoms with Crippen molar-refractivity contribution in [2.45, 2.75) is 0 Å². The average Bonchev–Trinajstić information content (AvgIpc) is 2.79. The van der Waals surface area contributed by atoms with Crippen LogP contribution in [-0.2, 0) is 0 Å². The van der Waals surface area contributed by atoms with E-state index in [-0.39, 0.29) is 23.9 Å². The largest absolute Gasteiger partial charge is 0.308 e. The Balaban J connectivity index is 1.74. The summed E-state index contributed by atoms with van der Waals surface area (Å²) in [6.07, 6.45) is 1.37. The molecule has 0 aromatic heterocycles. The fourth-order valence-corrected chi connectivity index (χ4v) is 4.38.